The summed E-state index contributed by atoms with van der Waals surface area (Å²) in [6.07, 6.45) is 3.40. The third kappa shape index (κ3) is 3.67. The minimum atomic E-state index is -0.253. The van der Waals surface area contributed by atoms with Gasteiger partial charge in [0.25, 0.3) is 5.91 Å². The second-order valence-corrected chi connectivity index (χ2v) is 6.57. The maximum absolute atomic E-state index is 12.5. The number of aryl methyl sites for hydroxylation is 1. The average Bonchev–Trinajstić information content (AvgIpc) is 3.07. The molecule has 144 valence electrons. The Bertz CT molecular complexity index is 1020. The zero-order chi connectivity index (χ0) is 19.5. The molecule has 3 aromatic rings. The van der Waals surface area contributed by atoms with Crippen LogP contribution in [0.4, 0.5) is 11.5 Å². The van der Waals surface area contributed by atoms with Gasteiger partial charge in [0, 0.05) is 30.5 Å². The summed E-state index contributed by atoms with van der Waals surface area (Å²) in [5.74, 6) is 0.236. The zero-order valence-electron chi connectivity index (χ0n) is 15.5. The number of rotatable bonds is 4. The molecule has 1 aliphatic rings. The first-order chi connectivity index (χ1) is 13.6. The largest absolute Gasteiger partial charge is 0.378 e. The van der Waals surface area contributed by atoms with Crippen LogP contribution in [-0.2, 0) is 4.74 Å². The van der Waals surface area contributed by atoms with Crippen LogP contribution in [0.5, 0.6) is 0 Å². The first-order valence-electron chi connectivity index (χ1n) is 9.09. The molecule has 8 nitrogen and oxygen atoms in total. The van der Waals surface area contributed by atoms with Gasteiger partial charge in [0.05, 0.1) is 30.8 Å². The minimum Gasteiger partial charge on any atom is -0.378 e. The fraction of sp³-hybridized carbons (Fsp3) is 0.250. The molecule has 3 heterocycles. The number of nitrogens with one attached hydrogen (secondary N) is 2. The molecule has 1 aromatic carbocycles. The number of amides is 1. The molecule has 0 spiro atoms. The molecule has 1 saturated heterocycles. The third-order valence-corrected chi connectivity index (χ3v) is 4.71. The van der Waals surface area contributed by atoms with Gasteiger partial charge < -0.3 is 19.9 Å². The van der Waals surface area contributed by atoms with Crippen molar-refractivity contribution in [2.24, 2.45) is 0 Å². The minimum absolute atomic E-state index is 0.209. The number of hydrogen-bond acceptors (Lipinski definition) is 5. The van der Waals surface area contributed by atoms with Crippen LogP contribution in [0.3, 0.4) is 0 Å². The summed E-state index contributed by atoms with van der Waals surface area (Å²) in [4.78, 5) is 33.5. The van der Waals surface area contributed by atoms with E-state index in [-0.39, 0.29) is 11.6 Å². The second kappa shape index (κ2) is 7.69. The average molecular weight is 379 g/mol. The molecule has 0 atom stereocenters. The molecule has 8 heteroatoms. The molecule has 0 aliphatic carbocycles. The Balaban J connectivity index is 1.44. The molecule has 2 N–H and O–H groups in total. The molecule has 0 radical (unpaired) electrons. The third-order valence-electron chi connectivity index (χ3n) is 4.71. The van der Waals surface area contributed by atoms with Gasteiger partial charge in [0.2, 0.25) is 0 Å². The normalized spacial score (nSPS) is 14.1. The zero-order valence-corrected chi connectivity index (χ0v) is 15.5. The van der Waals surface area contributed by atoms with E-state index in [1.54, 1.807) is 47.3 Å². The van der Waals surface area contributed by atoms with Gasteiger partial charge >= 0.3 is 5.69 Å². The summed E-state index contributed by atoms with van der Waals surface area (Å²) in [7, 11) is 0. The van der Waals surface area contributed by atoms with E-state index in [2.05, 4.69) is 20.2 Å². The van der Waals surface area contributed by atoms with Crippen LogP contribution in [0.2, 0.25) is 0 Å². The molecule has 0 bridgehead atoms. The van der Waals surface area contributed by atoms with Gasteiger partial charge in [0.15, 0.2) is 0 Å². The number of morpholine rings is 1. The lowest BCUT2D eigenvalue weighted by atomic mass is 10.2. The van der Waals surface area contributed by atoms with E-state index in [9.17, 15) is 9.59 Å². The van der Waals surface area contributed by atoms with Gasteiger partial charge in [-0.25, -0.2) is 9.78 Å². The highest BCUT2D eigenvalue weighted by atomic mass is 16.5. The quantitative estimate of drug-likeness (QED) is 0.723. The topological polar surface area (TPSA) is 92.2 Å². The smallest absolute Gasteiger partial charge is 0.330 e. The number of aromatic nitrogens is 3. The molecule has 0 saturated carbocycles. The predicted octanol–water partition coefficient (Wildman–Crippen LogP) is 1.96. The Hall–Kier alpha value is -3.39. The first kappa shape index (κ1) is 18.0. The van der Waals surface area contributed by atoms with Gasteiger partial charge in [-0.1, -0.05) is 0 Å². The second-order valence-electron chi connectivity index (χ2n) is 6.57. The fourth-order valence-corrected chi connectivity index (χ4v) is 3.20. The van der Waals surface area contributed by atoms with Crippen LogP contribution < -0.4 is 15.9 Å². The van der Waals surface area contributed by atoms with Crippen molar-refractivity contribution in [1.29, 1.82) is 0 Å². The van der Waals surface area contributed by atoms with Crippen LogP contribution in [0.25, 0.3) is 5.69 Å². The van der Waals surface area contributed by atoms with E-state index in [1.807, 2.05) is 13.0 Å². The predicted molar refractivity (Wildman–Crippen MR) is 106 cm³/mol. The van der Waals surface area contributed by atoms with Crippen molar-refractivity contribution in [2.45, 2.75) is 6.92 Å². The Morgan fingerprint density at radius 2 is 1.82 bits per heavy atom. The molecular weight excluding hydrogens is 358 g/mol. The van der Waals surface area contributed by atoms with Crippen LogP contribution in [0, 0.1) is 6.92 Å². The lowest BCUT2D eigenvalue weighted by molar-refractivity contribution is 0.102. The van der Waals surface area contributed by atoms with E-state index in [0.717, 1.165) is 24.5 Å². The van der Waals surface area contributed by atoms with Crippen LogP contribution in [0.1, 0.15) is 16.1 Å². The van der Waals surface area contributed by atoms with E-state index >= 15 is 0 Å². The number of carbonyl (C=O) groups is 1. The molecule has 28 heavy (non-hydrogen) atoms. The van der Waals surface area contributed by atoms with Gasteiger partial charge in [-0.2, -0.15) is 0 Å². The van der Waals surface area contributed by atoms with Gasteiger partial charge in [0.1, 0.15) is 5.82 Å². The highest BCUT2D eigenvalue weighted by molar-refractivity contribution is 6.03. The lowest BCUT2D eigenvalue weighted by Crippen LogP contribution is -2.36. The molecule has 2 aromatic heterocycles. The molecule has 0 unspecified atom stereocenters. The first-order valence-corrected chi connectivity index (χ1v) is 9.09. The van der Waals surface area contributed by atoms with Crippen molar-refractivity contribution in [1.82, 2.24) is 14.5 Å². The number of ether oxygens (including phenoxy) is 1. The van der Waals surface area contributed by atoms with Crippen LogP contribution in [0.15, 0.2) is 53.6 Å². The number of nitrogens with zero attached hydrogens (tertiary/aromatic N) is 3. The van der Waals surface area contributed by atoms with E-state index < -0.39 is 0 Å². The van der Waals surface area contributed by atoms with Crippen molar-refractivity contribution in [3.05, 3.63) is 70.5 Å². The Morgan fingerprint density at radius 3 is 2.43 bits per heavy atom. The summed E-state index contributed by atoms with van der Waals surface area (Å²) in [5, 5.41) is 2.80. The maximum Gasteiger partial charge on any atom is 0.330 e. The maximum atomic E-state index is 12.5. The number of anilines is 2. The monoisotopic (exact) mass is 379 g/mol. The van der Waals surface area contributed by atoms with E-state index in [0.29, 0.717) is 30.3 Å². The van der Waals surface area contributed by atoms with Crippen LogP contribution >= 0.6 is 0 Å². The van der Waals surface area contributed by atoms with E-state index in [4.69, 9.17) is 4.74 Å². The number of H-pyrrole nitrogens is 1. The SMILES string of the molecule is Cc1c[nH]c(=O)n1-c1ccc(C(=O)Nc2ccc(N3CCOCC3)cn2)cc1. The fourth-order valence-electron chi connectivity index (χ4n) is 3.20. The van der Waals surface area contributed by atoms with Gasteiger partial charge in [-0.3, -0.25) is 9.36 Å². The summed E-state index contributed by atoms with van der Waals surface area (Å²) in [6, 6.07) is 10.6. The van der Waals surface area contributed by atoms with Gasteiger partial charge in [-0.15, -0.1) is 0 Å². The highest BCUT2D eigenvalue weighted by Crippen LogP contribution is 2.17. The van der Waals surface area contributed by atoms with Crippen molar-refractivity contribution in [2.75, 3.05) is 36.5 Å². The molecule has 1 aliphatic heterocycles. The molecular formula is C20H21N5O3. The standard InChI is InChI=1S/C20H21N5O3/c1-14-12-22-20(27)25(14)16-4-2-15(3-5-16)19(26)23-18-7-6-17(13-21-18)24-8-10-28-11-9-24/h2-7,12-13H,8-11H2,1H3,(H,22,27)(H,21,23,26). The lowest BCUT2D eigenvalue weighted by Gasteiger charge is -2.28. The Kier molecular flexibility index (Phi) is 4.94. The summed E-state index contributed by atoms with van der Waals surface area (Å²) in [5.41, 5.74) is 2.79. The van der Waals surface area contributed by atoms with Crippen molar-refractivity contribution < 1.29 is 9.53 Å². The summed E-state index contributed by atoms with van der Waals surface area (Å²) < 4.78 is 6.90. The number of carbonyl (C=O) groups excluding carboxylic acids is 1. The van der Waals surface area contributed by atoms with Crippen LogP contribution in [-0.4, -0.2) is 46.7 Å². The van der Waals surface area contributed by atoms with Gasteiger partial charge in [-0.05, 0) is 43.3 Å². The summed E-state index contributed by atoms with van der Waals surface area (Å²) in [6.45, 7) is 4.93. The summed E-state index contributed by atoms with van der Waals surface area (Å²) >= 11 is 0. The number of benzene rings is 1. The van der Waals surface area contributed by atoms with E-state index in [1.165, 1.54) is 0 Å². The number of hydrogen-bond donors (Lipinski definition) is 2. The van der Waals surface area contributed by atoms with Crippen molar-refractivity contribution >= 4 is 17.4 Å². The Morgan fingerprint density at radius 1 is 1.11 bits per heavy atom. The van der Waals surface area contributed by atoms with Crippen molar-refractivity contribution in [3.8, 4) is 5.69 Å². The van der Waals surface area contributed by atoms with Crippen molar-refractivity contribution in [3.63, 3.8) is 0 Å². The number of aromatic amines is 1. The molecule has 4 rings (SSSR count). The Labute approximate surface area is 161 Å². The molecule has 1 fully saturated rings. The number of imidazole rings is 1. The highest BCUT2D eigenvalue weighted by Gasteiger charge is 2.13. The molecule has 1 amide bonds. The number of pyridine rings is 1.